The normalized spacial score (nSPS) is 12.1. The molecule has 0 bridgehead atoms. The van der Waals surface area contributed by atoms with E-state index in [0.717, 1.165) is 18.4 Å². The monoisotopic (exact) mass is 325 g/mol. The predicted molar refractivity (Wildman–Crippen MR) is 95.6 cm³/mol. The third-order valence-electron chi connectivity index (χ3n) is 3.63. The summed E-state index contributed by atoms with van der Waals surface area (Å²) in [5.41, 5.74) is 2.80. The number of rotatable bonds is 7. The average Bonchev–Trinajstić information content (AvgIpc) is 2.61. The second-order valence-electron chi connectivity index (χ2n) is 5.51. The van der Waals surface area contributed by atoms with Crippen molar-refractivity contribution < 1.29 is 14.6 Å². The first-order valence-electron chi connectivity index (χ1n) is 8.02. The highest BCUT2D eigenvalue weighted by Gasteiger charge is 2.09. The zero-order valence-corrected chi connectivity index (χ0v) is 14.0. The first kappa shape index (κ1) is 17.8. The van der Waals surface area contributed by atoms with Crippen LogP contribution in [0.4, 0.5) is 0 Å². The summed E-state index contributed by atoms with van der Waals surface area (Å²) < 4.78 is 5.10. The highest BCUT2D eigenvalue weighted by molar-refractivity contribution is 5.91. The Labute approximate surface area is 142 Å². The van der Waals surface area contributed by atoms with Crippen molar-refractivity contribution in [2.24, 2.45) is 0 Å². The maximum atomic E-state index is 11.9. The lowest BCUT2D eigenvalue weighted by atomic mass is 10.1. The van der Waals surface area contributed by atoms with Crippen molar-refractivity contribution in [3.05, 3.63) is 71.3 Å². The van der Waals surface area contributed by atoms with E-state index < -0.39 is 6.23 Å². The summed E-state index contributed by atoms with van der Waals surface area (Å²) in [5, 5.41) is 12.6. The van der Waals surface area contributed by atoms with Gasteiger partial charge in [0.05, 0.1) is 7.11 Å². The van der Waals surface area contributed by atoms with E-state index in [1.165, 1.54) is 11.6 Å². The summed E-state index contributed by atoms with van der Waals surface area (Å²) in [6, 6.07) is 15.0. The molecule has 1 atom stereocenters. The number of nitrogens with one attached hydrogen (secondary N) is 1. The lowest BCUT2D eigenvalue weighted by Crippen LogP contribution is -2.26. The van der Waals surface area contributed by atoms with Gasteiger partial charge in [0.15, 0.2) is 6.23 Å². The van der Waals surface area contributed by atoms with Crippen LogP contribution in [0.15, 0.2) is 54.6 Å². The van der Waals surface area contributed by atoms with E-state index in [1.807, 2.05) is 12.1 Å². The quantitative estimate of drug-likeness (QED) is 0.605. The number of methoxy groups -OCH3 is 1. The van der Waals surface area contributed by atoms with Gasteiger partial charge in [-0.25, -0.2) is 0 Å². The molecule has 0 saturated heterocycles. The van der Waals surface area contributed by atoms with Crippen LogP contribution in [0.1, 0.15) is 36.3 Å². The summed E-state index contributed by atoms with van der Waals surface area (Å²) in [6.45, 7) is 2.14. The van der Waals surface area contributed by atoms with Crippen LogP contribution in [0.25, 0.3) is 6.08 Å². The summed E-state index contributed by atoms with van der Waals surface area (Å²) in [5.74, 6) is 0.270. The number of aryl methyl sites for hydroxylation is 1. The van der Waals surface area contributed by atoms with Gasteiger partial charge in [-0.15, -0.1) is 0 Å². The van der Waals surface area contributed by atoms with Gasteiger partial charge < -0.3 is 15.2 Å². The van der Waals surface area contributed by atoms with Crippen molar-refractivity contribution >= 4 is 12.0 Å². The number of benzene rings is 2. The zero-order valence-electron chi connectivity index (χ0n) is 14.0. The van der Waals surface area contributed by atoms with E-state index >= 15 is 0 Å². The molecule has 2 aromatic carbocycles. The molecular formula is C20H23NO3. The molecule has 1 amide bonds. The molecule has 2 aromatic rings. The molecule has 0 aliphatic rings. The predicted octanol–water partition coefficient (Wildman–Crippen LogP) is 3.47. The number of hydrogen-bond acceptors (Lipinski definition) is 3. The fourth-order valence-corrected chi connectivity index (χ4v) is 2.33. The van der Waals surface area contributed by atoms with Crippen LogP contribution in [0, 0.1) is 0 Å². The van der Waals surface area contributed by atoms with Crippen LogP contribution in [-0.4, -0.2) is 18.1 Å². The summed E-state index contributed by atoms with van der Waals surface area (Å²) in [4.78, 5) is 11.9. The smallest absolute Gasteiger partial charge is 0.246 e. The van der Waals surface area contributed by atoms with Crippen LogP contribution in [0.3, 0.4) is 0 Å². The molecule has 0 heterocycles. The molecule has 1 unspecified atom stereocenters. The van der Waals surface area contributed by atoms with Gasteiger partial charge in [0.25, 0.3) is 0 Å². The second kappa shape index (κ2) is 8.89. The van der Waals surface area contributed by atoms with Crippen molar-refractivity contribution in [2.45, 2.75) is 26.0 Å². The number of amides is 1. The highest BCUT2D eigenvalue weighted by atomic mass is 16.5. The number of carbonyl (C=O) groups is 1. The second-order valence-corrected chi connectivity index (χ2v) is 5.51. The molecule has 4 nitrogen and oxygen atoms in total. The average molecular weight is 325 g/mol. The molecule has 2 N–H and O–H groups in total. The van der Waals surface area contributed by atoms with Gasteiger partial charge in [0, 0.05) is 11.6 Å². The Hall–Kier alpha value is -2.59. The van der Waals surface area contributed by atoms with E-state index in [2.05, 4.69) is 24.4 Å². The number of carbonyl (C=O) groups excluding carboxylic acids is 1. The molecule has 4 heteroatoms. The lowest BCUT2D eigenvalue weighted by Gasteiger charge is -2.12. The van der Waals surface area contributed by atoms with E-state index in [1.54, 1.807) is 37.5 Å². The SMILES string of the molecule is CCCc1ccc(/C=C/C(=O)NC(O)c2cccc(OC)c2)cc1. The van der Waals surface area contributed by atoms with Gasteiger partial charge in [-0.05, 0) is 35.8 Å². The van der Waals surface area contributed by atoms with E-state index in [-0.39, 0.29) is 5.91 Å². The van der Waals surface area contributed by atoms with Gasteiger partial charge in [0.2, 0.25) is 5.91 Å². The Morgan fingerprint density at radius 3 is 2.67 bits per heavy atom. The Balaban J connectivity index is 1.93. The fraction of sp³-hybridized carbons (Fsp3) is 0.250. The van der Waals surface area contributed by atoms with Gasteiger partial charge in [-0.1, -0.05) is 49.7 Å². The molecule has 0 aromatic heterocycles. The van der Waals surface area contributed by atoms with Crippen molar-refractivity contribution in [2.75, 3.05) is 7.11 Å². The third kappa shape index (κ3) is 5.25. The van der Waals surface area contributed by atoms with E-state index in [0.29, 0.717) is 11.3 Å². The van der Waals surface area contributed by atoms with Crippen molar-refractivity contribution in [1.29, 1.82) is 0 Å². The Morgan fingerprint density at radius 1 is 1.25 bits per heavy atom. The van der Waals surface area contributed by atoms with Crippen molar-refractivity contribution in [3.8, 4) is 5.75 Å². The minimum absolute atomic E-state index is 0.358. The number of ether oxygens (including phenoxy) is 1. The zero-order chi connectivity index (χ0) is 17.4. The van der Waals surface area contributed by atoms with Crippen LogP contribution >= 0.6 is 0 Å². The van der Waals surface area contributed by atoms with Gasteiger partial charge in [0.1, 0.15) is 5.75 Å². The molecule has 0 spiro atoms. The number of aliphatic hydroxyl groups excluding tert-OH is 1. The Morgan fingerprint density at radius 2 is 2.00 bits per heavy atom. The molecular weight excluding hydrogens is 302 g/mol. The molecule has 0 fully saturated rings. The molecule has 0 saturated carbocycles. The molecule has 126 valence electrons. The largest absolute Gasteiger partial charge is 0.497 e. The maximum Gasteiger partial charge on any atom is 0.246 e. The lowest BCUT2D eigenvalue weighted by molar-refractivity contribution is -0.119. The van der Waals surface area contributed by atoms with Crippen LogP contribution in [0.2, 0.25) is 0 Å². The van der Waals surface area contributed by atoms with Crippen LogP contribution < -0.4 is 10.1 Å². The Kier molecular flexibility index (Phi) is 6.58. The maximum absolute atomic E-state index is 11.9. The fourth-order valence-electron chi connectivity index (χ4n) is 2.33. The summed E-state index contributed by atoms with van der Waals surface area (Å²) in [7, 11) is 1.55. The molecule has 0 aliphatic carbocycles. The third-order valence-corrected chi connectivity index (χ3v) is 3.63. The van der Waals surface area contributed by atoms with E-state index in [9.17, 15) is 9.90 Å². The van der Waals surface area contributed by atoms with Gasteiger partial charge in [-0.3, -0.25) is 4.79 Å². The molecule has 2 rings (SSSR count). The Bertz CT molecular complexity index is 692. The van der Waals surface area contributed by atoms with Crippen LogP contribution in [-0.2, 0) is 11.2 Å². The number of aliphatic hydroxyl groups is 1. The van der Waals surface area contributed by atoms with E-state index in [4.69, 9.17) is 4.74 Å². The van der Waals surface area contributed by atoms with Gasteiger partial charge in [-0.2, -0.15) is 0 Å². The summed E-state index contributed by atoms with van der Waals surface area (Å²) in [6.07, 6.45) is 4.22. The molecule has 24 heavy (non-hydrogen) atoms. The minimum Gasteiger partial charge on any atom is -0.497 e. The first-order valence-corrected chi connectivity index (χ1v) is 8.02. The highest BCUT2D eigenvalue weighted by Crippen LogP contribution is 2.17. The minimum atomic E-state index is -1.08. The molecule has 0 aliphatic heterocycles. The standard InChI is InChI=1S/C20H23NO3/c1-3-5-15-8-10-16(11-9-15)12-13-19(22)21-20(23)17-6-4-7-18(14-17)24-2/h4,6-14,20,23H,3,5H2,1-2H3,(H,21,22)/b13-12+. The van der Waals surface area contributed by atoms with Crippen molar-refractivity contribution in [1.82, 2.24) is 5.32 Å². The van der Waals surface area contributed by atoms with Gasteiger partial charge >= 0.3 is 0 Å². The number of hydrogen-bond donors (Lipinski definition) is 2. The summed E-state index contributed by atoms with van der Waals surface area (Å²) >= 11 is 0. The first-order chi connectivity index (χ1) is 11.6. The topological polar surface area (TPSA) is 58.6 Å². The van der Waals surface area contributed by atoms with Crippen molar-refractivity contribution in [3.63, 3.8) is 0 Å². The molecule has 0 radical (unpaired) electrons. The van der Waals surface area contributed by atoms with Crippen LogP contribution in [0.5, 0.6) is 5.75 Å².